The van der Waals surface area contributed by atoms with Gasteiger partial charge in [0, 0.05) is 12.5 Å². The Kier molecular flexibility index (Phi) is 5.30. The quantitative estimate of drug-likeness (QED) is 0.733. The van der Waals surface area contributed by atoms with Crippen molar-refractivity contribution in [2.24, 2.45) is 0 Å². The molecule has 0 bridgehead atoms. The molecule has 0 spiro atoms. The zero-order valence-electron chi connectivity index (χ0n) is 14.9. The Labute approximate surface area is 154 Å². The second kappa shape index (κ2) is 8.00. The van der Waals surface area contributed by atoms with E-state index in [4.69, 9.17) is 4.74 Å². The minimum atomic E-state index is 0.0847. The maximum atomic E-state index is 9.42. The molecule has 3 aromatic carbocycles. The first-order valence-electron chi connectivity index (χ1n) is 9.33. The monoisotopic (exact) mass is 347 g/mol. The van der Waals surface area contributed by atoms with Gasteiger partial charge in [-0.2, -0.15) is 0 Å². The number of aliphatic hydroxyl groups excluding tert-OH is 1. The first-order chi connectivity index (χ1) is 12.8. The van der Waals surface area contributed by atoms with Gasteiger partial charge in [-0.15, -0.1) is 0 Å². The minimum Gasteiger partial charge on any atom is -0.392 e. The van der Waals surface area contributed by atoms with Gasteiger partial charge in [0.1, 0.15) is 0 Å². The van der Waals surface area contributed by atoms with E-state index in [1.54, 1.807) is 0 Å². The van der Waals surface area contributed by atoms with E-state index in [9.17, 15) is 5.11 Å². The SMILES string of the molecule is OCc1cccc(C2CCNCC2OCc2ccc3ccccc3c2)c1. The topological polar surface area (TPSA) is 41.5 Å². The van der Waals surface area contributed by atoms with Crippen molar-refractivity contribution in [3.63, 3.8) is 0 Å². The fourth-order valence-electron chi connectivity index (χ4n) is 3.84. The molecule has 134 valence electrons. The normalized spacial score (nSPS) is 20.3. The lowest BCUT2D eigenvalue weighted by atomic mass is 9.87. The highest BCUT2D eigenvalue weighted by atomic mass is 16.5. The van der Waals surface area contributed by atoms with Gasteiger partial charge in [0.05, 0.1) is 19.3 Å². The van der Waals surface area contributed by atoms with Crippen molar-refractivity contribution < 1.29 is 9.84 Å². The number of nitrogens with one attached hydrogen (secondary N) is 1. The maximum Gasteiger partial charge on any atom is 0.0772 e. The van der Waals surface area contributed by atoms with Gasteiger partial charge in [-0.1, -0.05) is 60.7 Å². The molecule has 3 nitrogen and oxygen atoms in total. The highest BCUT2D eigenvalue weighted by molar-refractivity contribution is 5.82. The summed E-state index contributed by atoms with van der Waals surface area (Å²) in [5.41, 5.74) is 3.44. The summed E-state index contributed by atoms with van der Waals surface area (Å²) < 4.78 is 6.33. The van der Waals surface area contributed by atoms with E-state index in [1.807, 2.05) is 12.1 Å². The fourth-order valence-corrected chi connectivity index (χ4v) is 3.84. The van der Waals surface area contributed by atoms with Crippen molar-refractivity contribution in [1.82, 2.24) is 5.32 Å². The first-order valence-corrected chi connectivity index (χ1v) is 9.33. The molecule has 0 aliphatic carbocycles. The van der Waals surface area contributed by atoms with Crippen LogP contribution >= 0.6 is 0 Å². The molecule has 2 N–H and O–H groups in total. The molecule has 26 heavy (non-hydrogen) atoms. The summed E-state index contributed by atoms with van der Waals surface area (Å²) in [4.78, 5) is 0. The molecule has 1 aliphatic heterocycles. The Morgan fingerprint density at radius 2 is 1.81 bits per heavy atom. The molecular weight excluding hydrogens is 322 g/mol. The Hall–Kier alpha value is -2.20. The molecule has 1 aliphatic rings. The predicted octanol–water partition coefficient (Wildman–Crippen LogP) is 3.99. The van der Waals surface area contributed by atoms with Gasteiger partial charge in [-0.3, -0.25) is 0 Å². The van der Waals surface area contributed by atoms with Crippen LogP contribution in [0.5, 0.6) is 0 Å². The zero-order chi connectivity index (χ0) is 17.8. The Morgan fingerprint density at radius 3 is 2.69 bits per heavy atom. The number of ether oxygens (including phenoxy) is 1. The van der Waals surface area contributed by atoms with Gasteiger partial charge in [0.25, 0.3) is 0 Å². The van der Waals surface area contributed by atoms with Crippen LogP contribution in [0.15, 0.2) is 66.7 Å². The number of rotatable bonds is 5. The largest absolute Gasteiger partial charge is 0.392 e. The van der Waals surface area contributed by atoms with E-state index in [1.165, 1.54) is 21.9 Å². The number of hydrogen-bond donors (Lipinski definition) is 2. The van der Waals surface area contributed by atoms with E-state index in [0.29, 0.717) is 12.5 Å². The molecule has 0 amide bonds. The summed E-state index contributed by atoms with van der Waals surface area (Å²) in [6.45, 7) is 2.57. The summed E-state index contributed by atoms with van der Waals surface area (Å²) in [5.74, 6) is 0.364. The molecule has 2 unspecified atom stereocenters. The summed E-state index contributed by atoms with van der Waals surface area (Å²) >= 11 is 0. The highest BCUT2D eigenvalue weighted by Gasteiger charge is 2.27. The van der Waals surface area contributed by atoms with Crippen molar-refractivity contribution in [3.05, 3.63) is 83.4 Å². The molecule has 1 saturated heterocycles. The van der Waals surface area contributed by atoms with Crippen molar-refractivity contribution in [2.45, 2.75) is 31.7 Å². The van der Waals surface area contributed by atoms with E-state index in [0.717, 1.165) is 25.1 Å². The molecular formula is C23H25NO2. The number of benzene rings is 3. The molecule has 1 heterocycles. The Morgan fingerprint density at radius 1 is 0.923 bits per heavy atom. The number of hydrogen-bond acceptors (Lipinski definition) is 3. The molecule has 1 fully saturated rings. The van der Waals surface area contributed by atoms with Crippen molar-refractivity contribution in [2.75, 3.05) is 13.1 Å². The summed E-state index contributed by atoms with van der Waals surface area (Å²) in [6, 6.07) is 23.2. The number of aliphatic hydroxyl groups is 1. The standard InChI is InChI=1S/C23H25NO2/c25-15-17-4-3-7-21(12-17)22-10-11-24-14-23(22)26-16-18-8-9-19-5-1-2-6-20(19)13-18/h1-9,12-13,22-25H,10-11,14-16H2. The summed E-state index contributed by atoms with van der Waals surface area (Å²) in [6.07, 6.45) is 1.20. The minimum absolute atomic E-state index is 0.0847. The van der Waals surface area contributed by atoms with Crippen LogP contribution in [0.25, 0.3) is 10.8 Å². The van der Waals surface area contributed by atoms with E-state index < -0.39 is 0 Å². The Bertz CT molecular complexity index is 877. The van der Waals surface area contributed by atoms with Crippen LogP contribution < -0.4 is 5.32 Å². The average molecular weight is 347 g/mol. The van der Waals surface area contributed by atoms with Crippen molar-refractivity contribution >= 4 is 10.8 Å². The maximum absolute atomic E-state index is 9.42. The first kappa shape index (κ1) is 17.2. The molecule has 3 heteroatoms. The van der Waals surface area contributed by atoms with Gasteiger partial charge in [0.15, 0.2) is 0 Å². The van der Waals surface area contributed by atoms with E-state index in [2.05, 4.69) is 59.9 Å². The average Bonchev–Trinajstić information content (AvgIpc) is 2.72. The third-order valence-electron chi connectivity index (χ3n) is 5.27. The van der Waals surface area contributed by atoms with Crippen LogP contribution in [0, 0.1) is 0 Å². The van der Waals surface area contributed by atoms with Gasteiger partial charge < -0.3 is 15.2 Å². The van der Waals surface area contributed by atoms with Crippen molar-refractivity contribution in [3.8, 4) is 0 Å². The van der Waals surface area contributed by atoms with Crippen LogP contribution in [0.1, 0.15) is 29.0 Å². The molecule has 0 saturated carbocycles. The summed E-state index contributed by atoms with van der Waals surface area (Å²) in [5, 5.41) is 15.4. The lowest BCUT2D eigenvalue weighted by Gasteiger charge is -2.32. The molecule has 0 aromatic heterocycles. The van der Waals surface area contributed by atoms with Crippen molar-refractivity contribution in [1.29, 1.82) is 0 Å². The fraction of sp³-hybridized carbons (Fsp3) is 0.304. The van der Waals surface area contributed by atoms with Crippen LogP contribution in [0.3, 0.4) is 0 Å². The third kappa shape index (κ3) is 3.80. The predicted molar refractivity (Wildman–Crippen MR) is 105 cm³/mol. The van der Waals surface area contributed by atoms with Crippen LogP contribution in [0.2, 0.25) is 0 Å². The third-order valence-corrected chi connectivity index (χ3v) is 5.27. The molecule has 3 aromatic rings. The van der Waals surface area contributed by atoms with Gasteiger partial charge in [0.2, 0.25) is 0 Å². The second-order valence-corrected chi connectivity index (χ2v) is 7.03. The highest BCUT2D eigenvalue weighted by Crippen LogP contribution is 2.29. The van der Waals surface area contributed by atoms with Crippen LogP contribution in [0.4, 0.5) is 0 Å². The molecule has 0 radical (unpaired) electrons. The van der Waals surface area contributed by atoms with Gasteiger partial charge in [-0.25, -0.2) is 0 Å². The molecule has 2 atom stereocenters. The second-order valence-electron chi connectivity index (χ2n) is 7.03. The van der Waals surface area contributed by atoms with Gasteiger partial charge in [-0.05, 0) is 46.5 Å². The lowest BCUT2D eigenvalue weighted by Crippen LogP contribution is -2.41. The van der Waals surface area contributed by atoms with E-state index in [-0.39, 0.29) is 12.7 Å². The Balaban J connectivity index is 1.49. The van der Waals surface area contributed by atoms with Gasteiger partial charge >= 0.3 is 0 Å². The number of piperidine rings is 1. The van der Waals surface area contributed by atoms with E-state index >= 15 is 0 Å². The molecule has 4 rings (SSSR count). The zero-order valence-corrected chi connectivity index (χ0v) is 14.9. The number of fused-ring (bicyclic) bond motifs is 1. The van der Waals surface area contributed by atoms with Crippen LogP contribution in [-0.2, 0) is 18.0 Å². The van der Waals surface area contributed by atoms with Crippen LogP contribution in [-0.4, -0.2) is 24.3 Å². The lowest BCUT2D eigenvalue weighted by molar-refractivity contribution is 0.0106. The summed E-state index contributed by atoms with van der Waals surface area (Å²) in [7, 11) is 0. The smallest absolute Gasteiger partial charge is 0.0772 e.